The Morgan fingerprint density at radius 1 is 1.05 bits per heavy atom. The average Bonchev–Trinajstić information content (AvgIpc) is 2.41. The number of benzene rings is 2. The molecule has 0 aliphatic carbocycles. The Kier molecular flexibility index (Phi) is 4.35. The zero-order valence-corrected chi connectivity index (χ0v) is 12.1. The number of nitrogens with one attached hydrogen (secondary N) is 1. The maximum absolute atomic E-state index is 12.1. The topological polar surface area (TPSA) is 92.4 Å². The number of carbonyl (C=O) groups excluding carboxylic acids is 1. The van der Waals surface area contributed by atoms with E-state index in [1.54, 1.807) is 0 Å². The molecule has 4 N–H and O–H groups in total. The van der Waals surface area contributed by atoms with Gasteiger partial charge in [0.05, 0.1) is 16.3 Å². The fraction of sp³-hybridized carbons (Fsp3) is 0. The zero-order chi connectivity index (χ0) is 15.6. The van der Waals surface area contributed by atoms with Crippen LogP contribution in [0.4, 0.5) is 11.4 Å². The van der Waals surface area contributed by atoms with Crippen LogP contribution in [0.15, 0.2) is 36.4 Å². The highest BCUT2D eigenvalue weighted by molar-refractivity contribution is 6.33. The van der Waals surface area contributed by atoms with Crippen LogP contribution >= 0.6 is 23.2 Å². The molecule has 108 valence electrons. The second-order valence-corrected chi connectivity index (χ2v) is 5.07. The van der Waals surface area contributed by atoms with Gasteiger partial charge in [-0.3, -0.25) is 4.79 Å². The van der Waals surface area contributed by atoms with Gasteiger partial charge in [-0.05, 0) is 36.4 Å². The van der Waals surface area contributed by atoms with Gasteiger partial charge in [-0.15, -0.1) is 0 Å². The van der Waals surface area contributed by atoms with Crippen molar-refractivity contribution >= 4 is 46.5 Å². The minimum atomic E-state index is -1.14. The van der Waals surface area contributed by atoms with Gasteiger partial charge in [-0.2, -0.15) is 0 Å². The molecular weight excluding hydrogens is 315 g/mol. The SMILES string of the molecule is Nc1ccc(C(=O)Nc2cc(Cl)cc(C(=O)O)c2)cc1Cl. The summed E-state index contributed by atoms with van der Waals surface area (Å²) in [6.45, 7) is 0. The van der Waals surface area contributed by atoms with Crippen LogP contribution in [0.2, 0.25) is 10.0 Å². The quantitative estimate of drug-likeness (QED) is 0.753. The van der Waals surface area contributed by atoms with Crippen molar-refractivity contribution < 1.29 is 14.7 Å². The molecule has 2 rings (SSSR count). The van der Waals surface area contributed by atoms with Gasteiger partial charge in [-0.25, -0.2) is 4.79 Å². The van der Waals surface area contributed by atoms with Gasteiger partial charge in [0.2, 0.25) is 0 Å². The van der Waals surface area contributed by atoms with Crippen molar-refractivity contribution in [2.45, 2.75) is 0 Å². The molecule has 0 aliphatic heterocycles. The fourth-order valence-electron chi connectivity index (χ4n) is 1.66. The molecule has 0 aromatic heterocycles. The van der Waals surface area contributed by atoms with Crippen LogP contribution in [0.3, 0.4) is 0 Å². The molecule has 0 saturated carbocycles. The summed E-state index contributed by atoms with van der Waals surface area (Å²) in [4.78, 5) is 23.0. The van der Waals surface area contributed by atoms with Crippen molar-refractivity contribution in [3.63, 3.8) is 0 Å². The third-order valence-electron chi connectivity index (χ3n) is 2.67. The lowest BCUT2D eigenvalue weighted by atomic mass is 10.1. The second kappa shape index (κ2) is 6.03. The second-order valence-electron chi connectivity index (χ2n) is 4.22. The standard InChI is InChI=1S/C14H10Cl2N2O3/c15-9-3-8(14(20)21)4-10(6-9)18-13(19)7-1-2-12(17)11(16)5-7/h1-6H,17H2,(H,18,19)(H,20,21). The number of carbonyl (C=O) groups is 2. The van der Waals surface area contributed by atoms with Crippen molar-refractivity contribution in [3.8, 4) is 0 Å². The Labute approximate surface area is 130 Å². The van der Waals surface area contributed by atoms with Gasteiger partial charge in [-0.1, -0.05) is 23.2 Å². The van der Waals surface area contributed by atoms with Crippen LogP contribution < -0.4 is 11.1 Å². The molecule has 0 bridgehead atoms. The molecule has 0 saturated heterocycles. The molecule has 0 radical (unpaired) electrons. The summed E-state index contributed by atoms with van der Waals surface area (Å²) in [6, 6.07) is 8.50. The highest BCUT2D eigenvalue weighted by Gasteiger charge is 2.11. The Hall–Kier alpha value is -2.24. The van der Waals surface area contributed by atoms with E-state index in [1.807, 2.05) is 0 Å². The Morgan fingerprint density at radius 3 is 2.38 bits per heavy atom. The van der Waals surface area contributed by atoms with Crippen molar-refractivity contribution in [2.24, 2.45) is 0 Å². The molecule has 0 aliphatic rings. The van der Waals surface area contributed by atoms with Crippen molar-refractivity contribution in [1.82, 2.24) is 0 Å². The summed E-state index contributed by atoms with van der Waals surface area (Å²) in [5.74, 6) is -1.58. The molecule has 5 nitrogen and oxygen atoms in total. The van der Waals surface area contributed by atoms with Crippen LogP contribution in [-0.2, 0) is 0 Å². The number of hydrogen-bond acceptors (Lipinski definition) is 3. The lowest BCUT2D eigenvalue weighted by molar-refractivity contribution is 0.0696. The number of nitrogen functional groups attached to an aromatic ring is 1. The van der Waals surface area contributed by atoms with Crippen molar-refractivity contribution in [1.29, 1.82) is 0 Å². The van der Waals surface area contributed by atoms with Gasteiger partial charge in [0.1, 0.15) is 0 Å². The predicted molar refractivity (Wildman–Crippen MR) is 82.2 cm³/mol. The van der Waals surface area contributed by atoms with E-state index in [9.17, 15) is 9.59 Å². The van der Waals surface area contributed by atoms with E-state index < -0.39 is 11.9 Å². The molecule has 0 fully saturated rings. The van der Waals surface area contributed by atoms with Crippen LogP contribution in [0.25, 0.3) is 0 Å². The number of carboxylic acid groups (broad SMARTS) is 1. The van der Waals surface area contributed by atoms with Gasteiger partial charge < -0.3 is 16.2 Å². The average molecular weight is 325 g/mol. The number of nitrogens with two attached hydrogens (primary N) is 1. The van der Waals surface area contributed by atoms with Gasteiger partial charge in [0.25, 0.3) is 5.91 Å². The van der Waals surface area contributed by atoms with Crippen LogP contribution in [0.5, 0.6) is 0 Å². The Bertz CT molecular complexity index is 732. The Balaban J connectivity index is 2.27. The molecule has 21 heavy (non-hydrogen) atoms. The van der Waals surface area contributed by atoms with E-state index in [-0.39, 0.29) is 21.3 Å². The molecule has 0 heterocycles. The fourth-order valence-corrected chi connectivity index (χ4v) is 2.07. The first-order valence-corrected chi connectivity index (χ1v) is 6.52. The maximum Gasteiger partial charge on any atom is 0.335 e. The summed E-state index contributed by atoms with van der Waals surface area (Å²) in [5, 5.41) is 12.0. The zero-order valence-electron chi connectivity index (χ0n) is 10.6. The molecule has 7 heteroatoms. The predicted octanol–water partition coefficient (Wildman–Crippen LogP) is 3.53. The summed E-state index contributed by atoms with van der Waals surface area (Å²) in [6.07, 6.45) is 0. The number of rotatable bonds is 3. The Morgan fingerprint density at radius 2 is 1.76 bits per heavy atom. The molecular formula is C14H10Cl2N2O3. The number of anilines is 2. The maximum atomic E-state index is 12.1. The highest BCUT2D eigenvalue weighted by Crippen LogP contribution is 2.22. The highest BCUT2D eigenvalue weighted by atomic mass is 35.5. The summed E-state index contributed by atoms with van der Waals surface area (Å²) in [5.41, 5.74) is 6.49. The third-order valence-corrected chi connectivity index (χ3v) is 3.21. The number of halogens is 2. The van der Waals surface area contributed by atoms with Gasteiger partial charge in [0.15, 0.2) is 0 Å². The number of carboxylic acids is 1. The molecule has 1 amide bonds. The van der Waals surface area contributed by atoms with Crippen LogP contribution in [0.1, 0.15) is 20.7 Å². The summed E-state index contributed by atoms with van der Waals surface area (Å²) >= 11 is 11.7. The van der Waals surface area contributed by atoms with Crippen molar-refractivity contribution in [3.05, 3.63) is 57.6 Å². The van der Waals surface area contributed by atoms with Gasteiger partial charge >= 0.3 is 5.97 Å². The van der Waals surface area contributed by atoms with Gasteiger partial charge in [0, 0.05) is 16.3 Å². The van der Waals surface area contributed by atoms with E-state index in [1.165, 1.54) is 36.4 Å². The monoisotopic (exact) mass is 324 g/mol. The lowest BCUT2D eigenvalue weighted by Crippen LogP contribution is -2.12. The lowest BCUT2D eigenvalue weighted by Gasteiger charge is -2.08. The first kappa shape index (κ1) is 15.2. The van der Waals surface area contributed by atoms with E-state index >= 15 is 0 Å². The van der Waals surface area contributed by atoms with E-state index in [2.05, 4.69) is 5.32 Å². The first-order chi connectivity index (χ1) is 9.86. The molecule has 2 aromatic rings. The summed E-state index contributed by atoms with van der Waals surface area (Å²) < 4.78 is 0. The van der Waals surface area contributed by atoms with Crippen LogP contribution in [-0.4, -0.2) is 17.0 Å². The number of aromatic carboxylic acids is 1. The molecule has 2 aromatic carbocycles. The molecule has 0 spiro atoms. The largest absolute Gasteiger partial charge is 0.478 e. The minimum Gasteiger partial charge on any atom is -0.478 e. The van der Waals surface area contributed by atoms with E-state index in [0.29, 0.717) is 11.3 Å². The smallest absolute Gasteiger partial charge is 0.335 e. The number of hydrogen-bond donors (Lipinski definition) is 3. The normalized spacial score (nSPS) is 10.2. The summed E-state index contributed by atoms with van der Waals surface area (Å²) in [7, 11) is 0. The minimum absolute atomic E-state index is 0.0202. The van der Waals surface area contributed by atoms with E-state index in [4.69, 9.17) is 34.0 Å². The first-order valence-electron chi connectivity index (χ1n) is 5.77. The number of amides is 1. The van der Waals surface area contributed by atoms with E-state index in [0.717, 1.165) is 0 Å². The van der Waals surface area contributed by atoms with Crippen LogP contribution in [0, 0.1) is 0 Å². The molecule has 0 unspecified atom stereocenters. The van der Waals surface area contributed by atoms with Crippen molar-refractivity contribution in [2.75, 3.05) is 11.1 Å². The molecule has 0 atom stereocenters. The third kappa shape index (κ3) is 3.65.